The van der Waals surface area contributed by atoms with Crippen LogP contribution in [0.3, 0.4) is 0 Å². The molecule has 0 aliphatic heterocycles. The van der Waals surface area contributed by atoms with E-state index in [4.69, 9.17) is 4.74 Å². The van der Waals surface area contributed by atoms with Crippen molar-refractivity contribution in [2.45, 2.75) is 6.04 Å². The van der Waals surface area contributed by atoms with Gasteiger partial charge in [0.2, 0.25) is 5.88 Å². The summed E-state index contributed by atoms with van der Waals surface area (Å²) in [5, 5.41) is 2.92. The molecule has 0 fully saturated rings. The van der Waals surface area contributed by atoms with Crippen LogP contribution in [0.25, 0.3) is 0 Å². The summed E-state index contributed by atoms with van der Waals surface area (Å²) in [4.78, 5) is 8.17. The topological polar surface area (TPSA) is 47.0 Å². The monoisotopic (exact) mass is 265 g/mol. The van der Waals surface area contributed by atoms with Crippen molar-refractivity contribution in [1.82, 2.24) is 15.3 Å². The molecule has 0 radical (unpaired) electrons. The Morgan fingerprint density at radius 1 is 1.21 bits per heavy atom. The Hall–Kier alpha value is -2.08. The molecule has 2 rings (SSSR count). The van der Waals surface area contributed by atoms with Gasteiger partial charge in [-0.1, -0.05) is 6.07 Å². The average Bonchev–Trinajstić information content (AvgIpc) is 2.42. The normalized spacial score (nSPS) is 12.2. The van der Waals surface area contributed by atoms with Crippen molar-refractivity contribution in [2.24, 2.45) is 0 Å². The summed E-state index contributed by atoms with van der Waals surface area (Å²) < 4.78 is 31.9. The maximum absolute atomic E-state index is 13.8. The van der Waals surface area contributed by atoms with Crippen LogP contribution in [0.5, 0.6) is 5.88 Å². The lowest BCUT2D eigenvalue weighted by Crippen LogP contribution is -2.21. The van der Waals surface area contributed by atoms with Gasteiger partial charge in [0.1, 0.15) is 17.3 Å². The van der Waals surface area contributed by atoms with Crippen molar-refractivity contribution < 1.29 is 13.5 Å². The second-order valence-electron chi connectivity index (χ2n) is 3.84. The van der Waals surface area contributed by atoms with Gasteiger partial charge in [-0.25, -0.2) is 13.8 Å². The Bertz CT molecular complexity index is 578. The highest BCUT2D eigenvalue weighted by molar-refractivity contribution is 5.33. The Balaban J connectivity index is 2.50. The number of nitrogens with one attached hydrogen (secondary N) is 1. The Labute approximate surface area is 109 Å². The highest BCUT2D eigenvalue weighted by atomic mass is 19.1. The second-order valence-corrected chi connectivity index (χ2v) is 3.84. The molecule has 0 aliphatic rings. The third-order valence-electron chi connectivity index (χ3n) is 2.72. The molecule has 0 bridgehead atoms. The van der Waals surface area contributed by atoms with Gasteiger partial charge < -0.3 is 10.1 Å². The first-order chi connectivity index (χ1) is 9.17. The van der Waals surface area contributed by atoms with Crippen molar-refractivity contribution in [3.05, 3.63) is 53.5 Å². The summed E-state index contributed by atoms with van der Waals surface area (Å²) in [7, 11) is 3.11. The van der Waals surface area contributed by atoms with Crippen LogP contribution in [-0.2, 0) is 0 Å². The molecule has 0 amide bonds. The molecular weight excluding hydrogens is 252 g/mol. The molecule has 6 heteroatoms. The van der Waals surface area contributed by atoms with Crippen LogP contribution >= 0.6 is 0 Å². The number of ether oxygens (including phenoxy) is 1. The van der Waals surface area contributed by atoms with Gasteiger partial charge in [-0.2, -0.15) is 0 Å². The lowest BCUT2D eigenvalue weighted by molar-refractivity contribution is 0.383. The molecule has 1 N–H and O–H groups in total. The quantitative estimate of drug-likeness (QED) is 0.919. The third kappa shape index (κ3) is 2.68. The third-order valence-corrected chi connectivity index (χ3v) is 2.72. The van der Waals surface area contributed by atoms with Crippen molar-refractivity contribution in [2.75, 3.05) is 14.2 Å². The minimum atomic E-state index is -0.646. The first-order valence-electron chi connectivity index (χ1n) is 5.64. The van der Waals surface area contributed by atoms with E-state index in [9.17, 15) is 8.78 Å². The predicted octanol–water partition coefficient (Wildman–Crippen LogP) is 2.07. The zero-order valence-corrected chi connectivity index (χ0v) is 10.5. The minimum Gasteiger partial charge on any atom is -0.480 e. The zero-order chi connectivity index (χ0) is 13.8. The van der Waals surface area contributed by atoms with Crippen LogP contribution in [-0.4, -0.2) is 24.1 Å². The fraction of sp³-hybridized carbons (Fsp3) is 0.231. The van der Waals surface area contributed by atoms with Gasteiger partial charge in [-0.15, -0.1) is 0 Å². The van der Waals surface area contributed by atoms with Gasteiger partial charge in [0.15, 0.2) is 0 Å². The largest absolute Gasteiger partial charge is 0.480 e. The number of rotatable bonds is 4. The van der Waals surface area contributed by atoms with Gasteiger partial charge in [0.05, 0.1) is 13.2 Å². The van der Waals surface area contributed by atoms with E-state index in [1.165, 1.54) is 31.6 Å². The summed E-state index contributed by atoms with van der Waals surface area (Å²) in [5.74, 6) is -0.972. The molecule has 0 saturated carbocycles. The van der Waals surface area contributed by atoms with Crippen molar-refractivity contribution in [3.8, 4) is 5.88 Å². The number of methoxy groups -OCH3 is 1. The van der Waals surface area contributed by atoms with E-state index >= 15 is 0 Å². The van der Waals surface area contributed by atoms with Gasteiger partial charge in [-0.3, -0.25) is 4.98 Å². The van der Waals surface area contributed by atoms with E-state index in [0.29, 0.717) is 11.6 Å². The molecule has 100 valence electrons. The van der Waals surface area contributed by atoms with Crippen LogP contribution in [0.15, 0.2) is 30.6 Å². The van der Waals surface area contributed by atoms with Gasteiger partial charge in [0.25, 0.3) is 0 Å². The first-order valence-corrected chi connectivity index (χ1v) is 5.64. The van der Waals surface area contributed by atoms with E-state index in [1.54, 1.807) is 7.05 Å². The van der Waals surface area contributed by atoms with Crippen LogP contribution in [0, 0.1) is 11.6 Å². The van der Waals surface area contributed by atoms with Gasteiger partial charge >= 0.3 is 0 Å². The number of nitrogens with zero attached hydrogens (tertiary/aromatic N) is 2. The van der Waals surface area contributed by atoms with E-state index in [0.717, 1.165) is 6.07 Å². The lowest BCUT2D eigenvalue weighted by Gasteiger charge is -2.18. The molecule has 0 saturated heterocycles. The molecule has 0 spiro atoms. The maximum atomic E-state index is 13.8. The summed E-state index contributed by atoms with van der Waals surface area (Å²) in [5.41, 5.74) is 0.723. The van der Waals surface area contributed by atoms with Crippen molar-refractivity contribution >= 4 is 0 Å². The molecule has 1 unspecified atom stereocenters. The minimum absolute atomic E-state index is 0.280. The van der Waals surface area contributed by atoms with E-state index in [1.807, 2.05) is 0 Å². The SMILES string of the molecule is CNC(c1ccc(F)cc1F)c1nccnc1OC. The Morgan fingerprint density at radius 2 is 1.95 bits per heavy atom. The van der Waals surface area contributed by atoms with Crippen LogP contribution in [0.1, 0.15) is 17.3 Å². The average molecular weight is 265 g/mol. The van der Waals surface area contributed by atoms with E-state index in [2.05, 4.69) is 15.3 Å². The van der Waals surface area contributed by atoms with Crippen molar-refractivity contribution in [3.63, 3.8) is 0 Å². The standard InChI is InChI=1S/C13H13F2N3O/c1-16-11(9-4-3-8(14)7-10(9)15)12-13(19-2)18-6-5-17-12/h3-7,11,16H,1-2H3. The predicted molar refractivity (Wildman–Crippen MR) is 65.8 cm³/mol. The number of hydrogen-bond donors (Lipinski definition) is 1. The lowest BCUT2D eigenvalue weighted by atomic mass is 10.0. The van der Waals surface area contributed by atoms with E-state index in [-0.39, 0.29) is 5.56 Å². The number of aromatic nitrogens is 2. The molecule has 1 aromatic carbocycles. The number of benzene rings is 1. The molecule has 0 aliphatic carbocycles. The van der Waals surface area contributed by atoms with Crippen LogP contribution in [0.2, 0.25) is 0 Å². The smallest absolute Gasteiger partial charge is 0.237 e. The summed E-state index contributed by atoms with van der Waals surface area (Å²) >= 11 is 0. The molecular formula is C13H13F2N3O. The number of halogens is 2. The summed E-state index contributed by atoms with van der Waals surface area (Å²) in [6.07, 6.45) is 2.97. The van der Waals surface area contributed by atoms with E-state index < -0.39 is 17.7 Å². The van der Waals surface area contributed by atoms with Crippen molar-refractivity contribution in [1.29, 1.82) is 0 Å². The van der Waals surface area contributed by atoms with Gasteiger partial charge in [-0.05, 0) is 13.1 Å². The summed E-state index contributed by atoms with van der Waals surface area (Å²) in [6, 6.07) is 2.85. The van der Waals surface area contributed by atoms with Crippen LogP contribution < -0.4 is 10.1 Å². The first kappa shape index (κ1) is 13.4. The Kier molecular flexibility index (Phi) is 4.01. The molecule has 1 aromatic heterocycles. The molecule has 1 heterocycles. The maximum Gasteiger partial charge on any atom is 0.237 e. The molecule has 2 aromatic rings. The zero-order valence-electron chi connectivity index (χ0n) is 10.5. The number of hydrogen-bond acceptors (Lipinski definition) is 4. The molecule has 1 atom stereocenters. The summed E-state index contributed by atoms with van der Waals surface area (Å²) in [6.45, 7) is 0. The second kappa shape index (κ2) is 5.71. The fourth-order valence-corrected chi connectivity index (χ4v) is 1.87. The molecule has 4 nitrogen and oxygen atoms in total. The fourth-order valence-electron chi connectivity index (χ4n) is 1.87. The molecule has 19 heavy (non-hydrogen) atoms. The Morgan fingerprint density at radius 3 is 2.58 bits per heavy atom. The van der Waals surface area contributed by atoms with Gasteiger partial charge in [0, 0.05) is 24.0 Å². The highest BCUT2D eigenvalue weighted by Gasteiger charge is 2.22. The highest BCUT2D eigenvalue weighted by Crippen LogP contribution is 2.27. The van der Waals surface area contributed by atoms with Crippen LogP contribution in [0.4, 0.5) is 8.78 Å².